The molecule has 8 heteroatoms. The van der Waals surface area contributed by atoms with Crippen LogP contribution in [0.5, 0.6) is 17.2 Å². The fourth-order valence-electron chi connectivity index (χ4n) is 5.12. The van der Waals surface area contributed by atoms with Crippen LogP contribution in [0.1, 0.15) is 18.4 Å². The number of carbonyl (C=O) groups excluding carboxylic acids is 1. The van der Waals surface area contributed by atoms with E-state index in [-0.39, 0.29) is 5.41 Å². The summed E-state index contributed by atoms with van der Waals surface area (Å²) in [5.74, 6) is 2.47. The van der Waals surface area contributed by atoms with E-state index >= 15 is 0 Å². The third-order valence-corrected chi connectivity index (χ3v) is 7.00. The van der Waals surface area contributed by atoms with Crippen molar-refractivity contribution in [2.24, 2.45) is 5.41 Å². The van der Waals surface area contributed by atoms with Gasteiger partial charge in [0, 0.05) is 57.4 Å². The van der Waals surface area contributed by atoms with E-state index in [1.165, 1.54) is 0 Å². The van der Waals surface area contributed by atoms with E-state index in [0.29, 0.717) is 17.4 Å². The number of benzene rings is 1. The van der Waals surface area contributed by atoms with E-state index in [1.807, 2.05) is 12.1 Å². The fourth-order valence-corrected chi connectivity index (χ4v) is 5.12. The van der Waals surface area contributed by atoms with Crippen molar-refractivity contribution in [3.63, 3.8) is 0 Å². The number of ether oxygens (including phenoxy) is 4. The molecule has 1 atom stereocenters. The summed E-state index contributed by atoms with van der Waals surface area (Å²) in [4.78, 5) is 20.1. The Morgan fingerprint density at radius 2 is 1.55 bits per heavy atom. The molecule has 0 aromatic heterocycles. The highest BCUT2D eigenvalue weighted by Crippen LogP contribution is 2.42. The summed E-state index contributed by atoms with van der Waals surface area (Å²) in [5, 5.41) is 0. The Morgan fingerprint density at radius 3 is 2.26 bits per heavy atom. The molecule has 1 aromatic carbocycles. The van der Waals surface area contributed by atoms with Crippen molar-refractivity contribution in [2.75, 3.05) is 80.4 Å². The molecule has 1 unspecified atom stereocenters. The minimum atomic E-state index is -0.227. The summed E-state index contributed by atoms with van der Waals surface area (Å²) in [6, 6.07) is 3.85. The van der Waals surface area contributed by atoms with Gasteiger partial charge in [0.2, 0.25) is 5.91 Å². The Balaban J connectivity index is 1.37. The van der Waals surface area contributed by atoms with Crippen LogP contribution in [0.4, 0.5) is 0 Å². The SMILES string of the molecule is COc1cc(OC)c(OC)cc1CN1CCC2(CCN(CCN3CCOCC3)C2=O)C1. The second-order valence-corrected chi connectivity index (χ2v) is 8.76. The van der Waals surface area contributed by atoms with Crippen molar-refractivity contribution in [3.8, 4) is 17.2 Å². The second-order valence-electron chi connectivity index (χ2n) is 8.76. The first-order chi connectivity index (χ1) is 15.1. The maximum absolute atomic E-state index is 13.3. The van der Waals surface area contributed by atoms with Gasteiger partial charge in [-0.25, -0.2) is 0 Å². The smallest absolute Gasteiger partial charge is 0.230 e. The summed E-state index contributed by atoms with van der Waals surface area (Å²) >= 11 is 0. The highest BCUT2D eigenvalue weighted by Gasteiger charge is 2.50. The summed E-state index contributed by atoms with van der Waals surface area (Å²) in [5.41, 5.74) is 0.821. The molecule has 4 rings (SSSR count). The maximum atomic E-state index is 13.3. The first-order valence-corrected chi connectivity index (χ1v) is 11.2. The van der Waals surface area contributed by atoms with Gasteiger partial charge in [0.1, 0.15) is 5.75 Å². The number of likely N-dealkylation sites (tertiary alicyclic amines) is 2. The van der Waals surface area contributed by atoms with Crippen LogP contribution >= 0.6 is 0 Å². The van der Waals surface area contributed by atoms with Crippen LogP contribution in [0, 0.1) is 5.41 Å². The standard InChI is InChI=1S/C23H35N3O5/c1-28-19-15-21(30-3)20(29-2)14-18(19)16-25-6-4-23(17-25)5-7-26(22(23)27)9-8-24-10-12-31-13-11-24/h14-15H,4-13,16-17H2,1-3H3. The summed E-state index contributed by atoms with van der Waals surface area (Å²) in [6.07, 6.45) is 1.88. The number of carbonyl (C=O) groups is 1. The predicted octanol–water partition coefficient (Wildman–Crippen LogP) is 1.47. The van der Waals surface area contributed by atoms with Gasteiger partial charge in [0.25, 0.3) is 0 Å². The van der Waals surface area contributed by atoms with Crippen molar-refractivity contribution >= 4 is 5.91 Å². The zero-order chi connectivity index (χ0) is 21.8. The molecule has 1 amide bonds. The number of morpholine rings is 1. The predicted molar refractivity (Wildman–Crippen MR) is 117 cm³/mol. The van der Waals surface area contributed by atoms with Gasteiger partial charge in [-0.15, -0.1) is 0 Å². The van der Waals surface area contributed by atoms with E-state index in [2.05, 4.69) is 14.7 Å². The Kier molecular flexibility index (Phi) is 6.89. The lowest BCUT2D eigenvalue weighted by Crippen LogP contribution is -2.43. The van der Waals surface area contributed by atoms with Gasteiger partial charge in [-0.1, -0.05) is 0 Å². The van der Waals surface area contributed by atoms with E-state index in [4.69, 9.17) is 18.9 Å². The van der Waals surface area contributed by atoms with Crippen molar-refractivity contribution in [2.45, 2.75) is 19.4 Å². The number of methoxy groups -OCH3 is 3. The minimum absolute atomic E-state index is 0.227. The summed E-state index contributed by atoms with van der Waals surface area (Å²) in [6.45, 7) is 8.61. The van der Waals surface area contributed by atoms with Crippen LogP contribution < -0.4 is 14.2 Å². The number of hydrogen-bond acceptors (Lipinski definition) is 7. The molecule has 1 aromatic rings. The normalized spacial score (nSPS) is 24.9. The van der Waals surface area contributed by atoms with Gasteiger partial charge in [0.05, 0.1) is 40.0 Å². The lowest BCUT2D eigenvalue weighted by molar-refractivity contribution is -0.135. The highest BCUT2D eigenvalue weighted by atomic mass is 16.5. The molecule has 1 spiro atoms. The third kappa shape index (κ3) is 4.61. The maximum Gasteiger partial charge on any atom is 0.230 e. The lowest BCUT2D eigenvalue weighted by atomic mass is 9.85. The van der Waals surface area contributed by atoms with E-state index < -0.39 is 0 Å². The van der Waals surface area contributed by atoms with Crippen LogP contribution in [0.3, 0.4) is 0 Å². The van der Waals surface area contributed by atoms with E-state index in [1.54, 1.807) is 21.3 Å². The Bertz CT molecular complexity index is 783. The van der Waals surface area contributed by atoms with Crippen molar-refractivity contribution in [3.05, 3.63) is 17.7 Å². The van der Waals surface area contributed by atoms with Gasteiger partial charge < -0.3 is 23.8 Å². The second kappa shape index (κ2) is 9.63. The highest BCUT2D eigenvalue weighted by molar-refractivity contribution is 5.85. The zero-order valence-electron chi connectivity index (χ0n) is 19.0. The minimum Gasteiger partial charge on any atom is -0.496 e. The Labute approximate surface area is 185 Å². The summed E-state index contributed by atoms with van der Waals surface area (Å²) < 4.78 is 21.9. The molecule has 3 fully saturated rings. The Morgan fingerprint density at radius 1 is 0.871 bits per heavy atom. The monoisotopic (exact) mass is 433 g/mol. The molecule has 3 aliphatic heterocycles. The molecule has 3 heterocycles. The van der Waals surface area contributed by atoms with Crippen LogP contribution in [0.25, 0.3) is 0 Å². The molecule has 172 valence electrons. The van der Waals surface area contributed by atoms with Gasteiger partial charge >= 0.3 is 0 Å². The molecule has 8 nitrogen and oxygen atoms in total. The molecule has 31 heavy (non-hydrogen) atoms. The topological polar surface area (TPSA) is 63.7 Å². The van der Waals surface area contributed by atoms with Gasteiger partial charge in [-0.05, 0) is 25.5 Å². The van der Waals surface area contributed by atoms with Gasteiger partial charge in [-0.3, -0.25) is 14.6 Å². The average Bonchev–Trinajstić information content (AvgIpc) is 3.36. The van der Waals surface area contributed by atoms with E-state index in [9.17, 15) is 4.79 Å². The van der Waals surface area contributed by atoms with Crippen molar-refractivity contribution in [1.82, 2.24) is 14.7 Å². The lowest BCUT2D eigenvalue weighted by Gasteiger charge is -2.29. The molecule has 0 N–H and O–H groups in total. The zero-order valence-corrected chi connectivity index (χ0v) is 19.0. The number of amides is 1. The third-order valence-electron chi connectivity index (χ3n) is 7.00. The Hall–Kier alpha value is -2.03. The molecule has 3 saturated heterocycles. The molecular weight excluding hydrogens is 398 g/mol. The molecule has 3 aliphatic rings. The number of hydrogen-bond donors (Lipinski definition) is 0. The van der Waals surface area contributed by atoms with Crippen LogP contribution in [-0.2, 0) is 16.1 Å². The van der Waals surface area contributed by atoms with Crippen molar-refractivity contribution in [1.29, 1.82) is 0 Å². The molecule has 0 radical (unpaired) electrons. The summed E-state index contributed by atoms with van der Waals surface area (Å²) in [7, 11) is 4.93. The van der Waals surface area contributed by atoms with Gasteiger partial charge in [-0.2, -0.15) is 0 Å². The van der Waals surface area contributed by atoms with Crippen LogP contribution in [0.15, 0.2) is 12.1 Å². The van der Waals surface area contributed by atoms with Gasteiger partial charge in [0.15, 0.2) is 11.5 Å². The number of rotatable bonds is 8. The van der Waals surface area contributed by atoms with Crippen molar-refractivity contribution < 1.29 is 23.7 Å². The first kappa shape index (κ1) is 22.2. The molecular formula is C23H35N3O5. The molecule has 0 aliphatic carbocycles. The fraction of sp³-hybridized carbons (Fsp3) is 0.696. The molecule has 0 saturated carbocycles. The number of nitrogens with zero attached hydrogens (tertiary/aromatic N) is 3. The largest absolute Gasteiger partial charge is 0.496 e. The molecule has 0 bridgehead atoms. The van der Waals surface area contributed by atoms with Crippen LogP contribution in [0.2, 0.25) is 0 Å². The van der Waals surface area contributed by atoms with E-state index in [0.717, 1.165) is 89.7 Å². The van der Waals surface area contributed by atoms with Crippen LogP contribution in [-0.4, -0.2) is 101 Å². The average molecular weight is 434 g/mol. The first-order valence-electron chi connectivity index (χ1n) is 11.2. The quantitative estimate of drug-likeness (QED) is 0.615.